The SMILES string of the molecule is COC(=O)[C@@H](CSc1ccccc1)[C@H](O)c1ccccc1. The van der Waals surface area contributed by atoms with Crippen LogP contribution in [0.2, 0.25) is 0 Å². The van der Waals surface area contributed by atoms with Crippen molar-refractivity contribution in [3.05, 3.63) is 66.2 Å². The van der Waals surface area contributed by atoms with E-state index in [1.165, 1.54) is 18.9 Å². The van der Waals surface area contributed by atoms with Crippen molar-refractivity contribution >= 4 is 17.7 Å². The van der Waals surface area contributed by atoms with Crippen molar-refractivity contribution in [3.8, 4) is 0 Å². The zero-order chi connectivity index (χ0) is 15.1. The molecule has 0 unspecified atom stereocenters. The van der Waals surface area contributed by atoms with E-state index >= 15 is 0 Å². The van der Waals surface area contributed by atoms with Gasteiger partial charge in [-0.25, -0.2) is 0 Å². The van der Waals surface area contributed by atoms with Gasteiger partial charge in [-0.05, 0) is 17.7 Å². The maximum Gasteiger partial charge on any atom is 0.312 e. The molecule has 0 fully saturated rings. The molecule has 2 atom stereocenters. The normalized spacial score (nSPS) is 13.4. The van der Waals surface area contributed by atoms with E-state index in [4.69, 9.17) is 4.74 Å². The van der Waals surface area contributed by atoms with Crippen LogP contribution in [0.25, 0.3) is 0 Å². The van der Waals surface area contributed by atoms with Crippen molar-refractivity contribution in [2.75, 3.05) is 12.9 Å². The summed E-state index contributed by atoms with van der Waals surface area (Å²) in [7, 11) is 1.35. The van der Waals surface area contributed by atoms with Gasteiger partial charge in [-0.2, -0.15) is 0 Å². The maximum absolute atomic E-state index is 12.0. The predicted molar refractivity (Wildman–Crippen MR) is 84.1 cm³/mol. The lowest BCUT2D eigenvalue weighted by molar-refractivity contribution is -0.148. The molecule has 2 rings (SSSR count). The maximum atomic E-state index is 12.0. The topological polar surface area (TPSA) is 46.5 Å². The molecule has 1 N–H and O–H groups in total. The van der Waals surface area contributed by atoms with E-state index in [9.17, 15) is 9.90 Å². The number of carbonyl (C=O) groups excluding carboxylic acids is 1. The van der Waals surface area contributed by atoms with Gasteiger partial charge >= 0.3 is 5.97 Å². The Kier molecular flexibility index (Phi) is 5.84. The first-order chi connectivity index (χ1) is 10.2. The highest BCUT2D eigenvalue weighted by Gasteiger charge is 2.29. The summed E-state index contributed by atoms with van der Waals surface area (Å²) < 4.78 is 4.83. The second kappa shape index (κ2) is 7.86. The van der Waals surface area contributed by atoms with E-state index < -0.39 is 18.0 Å². The number of carbonyl (C=O) groups is 1. The first-order valence-electron chi connectivity index (χ1n) is 6.71. The Bertz CT molecular complexity index is 557. The molecule has 0 bridgehead atoms. The largest absolute Gasteiger partial charge is 0.469 e. The first kappa shape index (κ1) is 15.6. The molecule has 2 aromatic carbocycles. The number of hydrogen-bond donors (Lipinski definition) is 1. The van der Waals surface area contributed by atoms with Crippen molar-refractivity contribution in [2.45, 2.75) is 11.0 Å². The van der Waals surface area contributed by atoms with Gasteiger partial charge in [0.05, 0.1) is 19.1 Å². The van der Waals surface area contributed by atoms with E-state index in [0.717, 1.165) is 10.5 Å². The lowest BCUT2D eigenvalue weighted by atomic mass is 9.97. The van der Waals surface area contributed by atoms with Crippen LogP contribution in [0.3, 0.4) is 0 Å². The molecule has 110 valence electrons. The molecule has 0 spiro atoms. The summed E-state index contributed by atoms with van der Waals surface area (Å²) in [5.74, 6) is -0.524. The van der Waals surface area contributed by atoms with Gasteiger partial charge < -0.3 is 9.84 Å². The Hall–Kier alpha value is -1.78. The fourth-order valence-electron chi connectivity index (χ4n) is 2.02. The molecule has 0 aliphatic rings. The van der Waals surface area contributed by atoms with Crippen molar-refractivity contribution in [2.24, 2.45) is 5.92 Å². The van der Waals surface area contributed by atoms with Crippen LogP contribution in [-0.4, -0.2) is 23.9 Å². The van der Waals surface area contributed by atoms with Crippen molar-refractivity contribution < 1.29 is 14.6 Å². The Morgan fingerprint density at radius 3 is 2.24 bits per heavy atom. The number of rotatable bonds is 6. The molecule has 0 amide bonds. The van der Waals surface area contributed by atoms with Gasteiger partial charge in [-0.1, -0.05) is 48.5 Å². The number of esters is 1. The summed E-state index contributed by atoms with van der Waals surface area (Å²) >= 11 is 1.53. The third-order valence-electron chi connectivity index (χ3n) is 3.20. The molecule has 0 aliphatic heterocycles. The highest BCUT2D eigenvalue weighted by atomic mass is 32.2. The number of hydrogen-bond acceptors (Lipinski definition) is 4. The minimum atomic E-state index is -0.866. The van der Waals surface area contributed by atoms with Gasteiger partial charge in [0, 0.05) is 10.6 Å². The highest BCUT2D eigenvalue weighted by Crippen LogP contribution is 2.29. The average molecular weight is 302 g/mol. The number of aliphatic hydroxyl groups excluding tert-OH is 1. The molecule has 4 heteroatoms. The smallest absolute Gasteiger partial charge is 0.312 e. The summed E-state index contributed by atoms with van der Waals surface area (Å²) in [5.41, 5.74) is 0.724. The number of ether oxygens (including phenoxy) is 1. The van der Waals surface area contributed by atoms with E-state index in [-0.39, 0.29) is 0 Å². The van der Waals surface area contributed by atoms with E-state index in [1.807, 2.05) is 60.7 Å². The van der Waals surface area contributed by atoms with Crippen LogP contribution in [-0.2, 0) is 9.53 Å². The fraction of sp³-hybridized carbons (Fsp3) is 0.235. The second-order valence-corrected chi connectivity index (χ2v) is 5.70. The molecule has 2 aromatic rings. The molecular weight excluding hydrogens is 284 g/mol. The zero-order valence-corrected chi connectivity index (χ0v) is 12.6. The lowest BCUT2D eigenvalue weighted by Crippen LogP contribution is -2.25. The van der Waals surface area contributed by atoms with Gasteiger partial charge in [0.25, 0.3) is 0 Å². The van der Waals surface area contributed by atoms with Gasteiger partial charge in [-0.3, -0.25) is 4.79 Å². The number of thioether (sulfide) groups is 1. The molecule has 0 aromatic heterocycles. The molecule has 0 saturated carbocycles. The molecular formula is C17H18O3S. The van der Waals surface area contributed by atoms with Gasteiger partial charge in [0.2, 0.25) is 0 Å². The molecule has 0 heterocycles. The molecule has 0 saturated heterocycles. The first-order valence-corrected chi connectivity index (χ1v) is 7.69. The van der Waals surface area contributed by atoms with E-state index in [0.29, 0.717) is 5.75 Å². The minimum Gasteiger partial charge on any atom is -0.469 e. The quantitative estimate of drug-likeness (QED) is 0.657. The summed E-state index contributed by atoms with van der Waals surface area (Å²) in [6.45, 7) is 0. The van der Waals surface area contributed by atoms with Crippen molar-refractivity contribution in [1.29, 1.82) is 0 Å². The summed E-state index contributed by atoms with van der Waals surface area (Å²) in [5, 5.41) is 10.4. The third kappa shape index (κ3) is 4.34. The Labute approximate surface area is 129 Å². The van der Waals surface area contributed by atoms with Crippen LogP contribution >= 0.6 is 11.8 Å². The third-order valence-corrected chi connectivity index (χ3v) is 4.33. The number of methoxy groups -OCH3 is 1. The Balaban J connectivity index is 2.09. The average Bonchev–Trinajstić information content (AvgIpc) is 2.56. The monoisotopic (exact) mass is 302 g/mol. The molecule has 0 radical (unpaired) electrons. The summed E-state index contributed by atoms with van der Waals surface area (Å²) in [6.07, 6.45) is -0.866. The highest BCUT2D eigenvalue weighted by molar-refractivity contribution is 7.99. The lowest BCUT2D eigenvalue weighted by Gasteiger charge is -2.20. The van der Waals surface area contributed by atoms with E-state index in [1.54, 1.807) is 0 Å². The summed E-state index contributed by atoms with van der Waals surface area (Å²) in [6, 6.07) is 19.0. The van der Waals surface area contributed by atoms with E-state index in [2.05, 4.69) is 0 Å². The Morgan fingerprint density at radius 1 is 1.10 bits per heavy atom. The zero-order valence-electron chi connectivity index (χ0n) is 11.8. The second-order valence-electron chi connectivity index (χ2n) is 4.61. The van der Waals surface area contributed by atoms with Crippen LogP contribution in [0.1, 0.15) is 11.7 Å². The van der Waals surface area contributed by atoms with Crippen molar-refractivity contribution in [3.63, 3.8) is 0 Å². The van der Waals surface area contributed by atoms with Crippen LogP contribution in [0.4, 0.5) is 0 Å². The fourth-order valence-corrected chi connectivity index (χ4v) is 3.06. The van der Waals surface area contributed by atoms with Gasteiger partial charge in [-0.15, -0.1) is 11.8 Å². The van der Waals surface area contributed by atoms with Crippen LogP contribution < -0.4 is 0 Å². The molecule has 3 nitrogen and oxygen atoms in total. The molecule has 21 heavy (non-hydrogen) atoms. The van der Waals surface area contributed by atoms with Crippen molar-refractivity contribution in [1.82, 2.24) is 0 Å². The van der Waals surface area contributed by atoms with Crippen LogP contribution in [0, 0.1) is 5.92 Å². The Morgan fingerprint density at radius 2 is 1.67 bits per heavy atom. The number of aliphatic hydroxyl groups is 1. The number of benzene rings is 2. The minimum absolute atomic E-state index is 0.394. The van der Waals surface area contributed by atoms with Crippen LogP contribution in [0.15, 0.2) is 65.6 Å². The summed E-state index contributed by atoms with van der Waals surface area (Å²) in [4.78, 5) is 13.0. The predicted octanol–water partition coefficient (Wildman–Crippen LogP) is 3.30. The van der Waals surface area contributed by atoms with Gasteiger partial charge in [0.1, 0.15) is 0 Å². The standard InChI is InChI=1S/C17H18O3S/c1-20-17(19)15(12-21-14-10-6-3-7-11-14)16(18)13-8-4-2-5-9-13/h2-11,15-16,18H,12H2,1H3/t15-,16+/m0/s1. The van der Waals surface area contributed by atoms with Gasteiger partial charge in [0.15, 0.2) is 0 Å². The van der Waals surface area contributed by atoms with Crippen LogP contribution in [0.5, 0.6) is 0 Å². The molecule has 0 aliphatic carbocycles.